The highest BCUT2D eigenvalue weighted by molar-refractivity contribution is 6.36. The molecule has 0 aliphatic heterocycles. The van der Waals surface area contributed by atoms with E-state index in [2.05, 4.69) is 24.5 Å². The Labute approximate surface area is 123 Å². The number of nitrogens with two attached hydrogens (primary N) is 1. The molecule has 2 aromatic carbocycles. The van der Waals surface area contributed by atoms with E-state index in [0.717, 1.165) is 17.5 Å². The van der Waals surface area contributed by atoms with Gasteiger partial charge in [-0.25, -0.2) is 5.43 Å². The quantitative estimate of drug-likeness (QED) is 0.658. The molecule has 0 aliphatic carbocycles. The number of aryl methyl sites for hydroxylation is 1. The maximum absolute atomic E-state index is 6.25. The molecule has 100 valence electrons. The van der Waals surface area contributed by atoms with Crippen LogP contribution in [0, 0.1) is 0 Å². The molecule has 2 rings (SSSR count). The molecule has 4 heteroatoms. The Hall–Kier alpha value is -1.06. The van der Waals surface area contributed by atoms with Crippen molar-refractivity contribution in [1.82, 2.24) is 5.43 Å². The number of hydrazine groups is 1. The zero-order valence-electron chi connectivity index (χ0n) is 10.7. The smallest absolute Gasteiger partial charge is 0.0739 e. The normalized spacial score (nSPS) is 12.4. The van der Waals surface area contributed by atoms with Gasteiger partial charge in [-0.2, -0.15) is 0 Å². The minimum atomic E-state index is -0.215. The van der Waals surface area contributed by atoms with E-state index in [1.165, 1.54) is 5.56 Å². The monoisotopic (exact) mass is 294 g/mol. The lowest BCUT2D eigenvalue weighted by atomic mass is 9.97. The summed E-state index contributed by atoms with van der Waals surface area (Å²) in [5.41, 5.74) is 5.91. The fraction of sp³-hybridized carbons (Fsp3) is 0.200. The van der Waals surface area contributed by atoms with E-state index in [-0.39, 0.29) is 6.04 Å². The minimum absolute atomic E-state index is 0.215. The Kier molecular flexibility index (Phi) is 4.83. The maximum atomic E-state index is 6.25. The molecule has 3 N–H and O–H groups in total. The van der Waals surface area contributed by atoms with Crippen molar-refractivity contribution in [3.8, 4) is 0 Å². The second-order valence-electron chi connectivity index (χ2n) is 4.33. The van der Waals surface area contributed by atoms with Crippen LogP contribution in [0.3, 0.4) is 0 Å². The van der Waals surface area contributed by atoms with E-state index >= 15 is 0 Å². The third-order valence-electron chi connectivity index (χ3n) is 3.15. The fourth-order valence-electron chi connectivity index (χ4n) is 2.13. The van der Waals surface area contributed by atoms with E-state index in [9.17, 15) is 0 Å². The van der Waals surface area contributed by atoms with Crippen molar-refractivity contribution in [1.29, 1.82) is 0 Å². The van der Waals surface area contributed by atoms with Crippen LogP contribution in [0.4, 0.5) is 0 Å². The Morgan fingerprint density at radius 2 is 1.74 bits per heavy atom. The molecule has 1 atom stereocenters. The molecule has 0 heterocycles. The largest absolute Gasteiger partial charge is 0.271 e. The van der Waals surface area contributed by atoms with Crippen LogP contribution in [0.1, 0.15) is 29.7 Å². The van der Waals surface area contributed by atoms with E-state index in [0.29, 0.717) is 10.0 Å². The van der Waals surface area contributed by atoms with Crippen LogP contribution in [-0.4, -0.2) is 0 Å². The van der Waals surface area contributed by atoms with Crippen molar-refractivity contribution in [2.24, 2.45) is 5.84 Å². The SMILES string of the molecule is CCc1cccc(C(NN)c2c(Cl)cccc2Cl)c1. The zero-order valence-corrected chi connectivity index (χ0v) is 12.2. The number of benzene rings is 2. The lowest BCUT2D eigenvalue weighted by Gasteiger charge is -2.20. The lowest BCUT2D eigenvalue weighted by Crippen LogP contribution is -2.29. The summed E-state index contributed by atoms with van der Waals surface area (Å²) in [4.78, 5) is 0. The van der Waals surface area contributed by atoms with Crippen molar-refractivity contribution >= 4 is 23.2 Å². The maximum Gasteiger partial charge on any atom is 0.0739 e. The van der Waals surface area contributed by atoms with E-state index in [4.69, 9.17) is 29.0 Å². The van der Waals surface area contributed by atoms with Gasteiger partial charge in [-0.3, -0.25) is 5.84 Å². The van der Waals surface area contributed by atoms with Crippen LogP contribution in [0.5, 0.6) is 0 Å². The van der Waals surface area contributed by atoms with Crippen molar-refractivity contribution in [3.05, 3.63) is 69.2 Å². The van der Waals surface area contributed by atoms with Gasteiger partial charge in [0, 0.05) is 15.6 Å². The summed E-state index contributed by atoms with van der Waals surface area (Å²) in [6.45, 7) is 2.12. The first-order valence-electron chi connectivity index (χ1n) is 6.16. The topological polar surface area (TPSA) is 38.0 Å². The molecule has 0 fully saturated rings. The van der Waals surface area contributed by atoms with Gasteiger partial charge in [-0.05, 0) is 29.7 Å². The van der Waals surface area contributed by atoms with Gasteiger partial charge >= 0.3 is 0 Å². The molecule has 0 saturated heterocycles. The molecular weight excluding hydrogens is 279 g/mol. The number of hydrogen-bond donors (Lipinski definition) is 2. The fourth-order valence-corrected chi connectivity index (χ4v) is 2.74. The number of rotatable bonds is 4. The molecule has 0 amide bonds. The van der Waals surface area contributed by atoms with E-state index in [1.807, 2.05) is 30.3 Å². The predicted molar refractivity (Wildman–Crippen MR) is 81.4 cm³/mol. The Morgan fingerprint density at radius 1 is 1.11 bits per heavy atom. The number of nitrogens with one attached hydrogen (secondary N) is 1. The second kappa shape index (κ2) is 6.40. The van der Waals surface area contributed by atoms with Crippen molar-refractivity contribution in [3.63, 3.8) is 0 Å². The third-order valence-corrected chi connectivity index (χ3v) is 3.81. The average Bonchev–Trinajstić information content (AvgIpc) is 2.43. The van der Waals surface area contributed by atoms with Crippen LogP contribution < -0.4 is 11.3 Å². The lowest BCUT2D eigenvalue weighted by molar-refractivity contribution is 0.636. The minimum Gasteiger partial charge on any atom is -0.271 e. The first kappa shape index (κ1) is 14.4. The Balaban J connectivity index is 2.50. The van der Waals surface area contributed by atoms with Crippen molar-refractivity contribution in [2.75, 3.05) is 0 Å². The molecule has 0 saturated carbocycles. The molecule has 0 bridgehead atoms. The van der Waals surface area contributed by atoms with Crippen LogP contribution in [-0.2, 0) is 6.42 Å². The van der Waals surface area contributed by atoms with Gasteiger partial charge in [-0.1, -0.05) is 60.5 Å². The molecular formula is C15H16Cl2N2. The third kappa shape index (κ3) is 3.10. The molecule has 0 aromatic heterocycles. The zero-order chi connectivity index (χ0) is 13.8. The first-order valence-corrected chi connectivity index (χ1v) is 6.91. The van der Waals surface area contributed by atoms with E-state index < -0.39 is 0 Å². The van der Waals surface area contributed by atoms with Crippen molar-refractivity contribution in [2.45, 2.75) is 19.4 Å². The number of hydrogen-bond acceptors (Lipinski definition) is 2. The summed E-state index contributed by atoms with van der Waals surface area (Å²) in [5, 5.41) is 1.22. The second-order valence-corrected chi connectivity index (χ2v) is 5.15. The molecule has 2 nitrogen and oxygen atoms in total. The summed E-state index contributed by atoms with van der Waals surface area (Å²) >= 11 is 12.5. The van der Waals surface area contributed by atoms with Crippen LogP contribution >= 0.6 is 23.2 Å². The summed E-state index contributed by atoms with van der Waals surface area (Å²) < 4.78 is 0. The van der Waals surface area contributed by atoms with Crippen molar-refractivity contribution < 1.29 is 0 Å². The molecule has 0 aliphatic rings. The highest BCUT2D eigenvalue weighted by Gasteiger charge is 2.18. The van der Waals surface area contributed by atoms with Gasteiger partial charge in [0.25, 0.3) is 0 Å². The van der Waals surface area contributed by atoms with Gasteiger partial charge in [0.15, 0.2) is 0 Å². The molecule has 0 spiro atoms. The summed E-state index contributed by atoms with van der Waals surface area (Å²) in [6.07, 6.45) is 0.974. The van der Waals surface area contributed by atoms with Crippen LogP contribution in [0.25, 0.3) is 0 Å². The Bertz CT molecular complexity index is 550. The van der Waals surface area contributed by atoms with Crippen LogP contribution in [0.2, 0.25) is 10.0 Å². The van der Waals surface area contributed by atoms with Crippen LogP contribution in [0.15, 0.2) is 42.5 Å². The summed E-state index contributed by atoms with van der Waals surface area (Å²) in [6, 6.07) is 13.5. The number of halogens is 2. The molecule has 19 heavy (non-hydrogen) atoms. The Morgan fingerprint density at radius 3 is 2.32 bits per heavy atom. The van der Waals surface area contributed by atoms with Gasteiger partial charge in [-0.15, -0.1) is 0 Å². The molecule has 2 aromatic rings. The molecule has 1 unspecified atom stereocenters. The first-order chi connectivity index (χ1) is 9.17. The van der Waals surface area contributed by atoms with Gasteiger partial charge in [0.1, 0.15) is 0 Å². The summed E-state index contributed by atoms with van der Waals surface area (Å²) in [7, 11) is 0. The summed E-state index contributed by atoms with van der Waals surface area (Å²) in [5.74, 6) is 5.70. The highest BCUT2D eigenvalue weighted by Crippen LogP contribution is 2.33. The van der Waals surface area contributed by atoms with Gasteiger partial charge in [0.05, 0.1) is 6.04 Å². The van der Waals surface area contributed by atoms with E-state index in [1.54, 1.807) is 0 Å². The highest BCUT2D eigenvalue weighted by atomic mass is 35.5. The predicted octanol–water partition coefficient (Wildman–Crippen LogP) is 4.11. The van der Waals surface area contributed by atoms with Gasteiger partial charge < -0.3 is 0 Å². The van der Waals surface area contributed by atoms with Gasteiger partial charge in [0.2, 0.25) is 0 Å². The average molecular weight is 295 g/mol. The standard InChI is InChI=1S/C15H16Cl2N2/c1-2-10-5-3-6-11(9-10)15(19-18)14-12(16)7-4-8-13(14)17/h3-9,15,19H,2,18H2,1H3. The molecule has 0 radical (unpaired) electrons.